The number of anilines is 1. The van der Waals surface area contributed by atoms with E-state index >= 15 is 4.39 Å². The Morgan fingerprint density at radius 3 is 2.32 bits per heavy atom. The maximum atomic E-state index is 16.4. The summed E-state index contributed by atoms with van der Waals surface area (Å²) in [6.45, 7) is -0.720. The van der Waals surface area contributed by atoms with Crippen LogP contribution < -0.4 is 4.31 Å². The summed E-state index contributed by atoms with van der Waals surface area (Å²) in [4.78, 5) is 15.3. The third-order valence-electron chi connectivity index (χ3n) is 6.04. The Bertz CT molecular complexity index is 1800. The predicted octanol–water partition coefficient (Wildman–Crippen LogP) is 6.14. The number of H-pyrrole nitrogens is 1. The van der Waals surface area contributed by atoms with Crippen LogP contribution >= 0.6 is 11.8 Å². The van der Waals surface area contributed by atoms with Crippen molar-refractivity contribution < 1.29 is 26.3 Å². The zero-order valence-corrected chi connectivity index (χ0v) is 23.3. The fourth-order valence-electron chi connectivity index (χ4n) is 4.18. The molecular formula is C28H22F3N5O3S2. The number of sulfonamides is 1. The molecule has 0 spiro atoms. The van der Waals surface area contributed by atoms with Crippen molar-refractivity contribution in [3.63, 3.8) is 0 Å². The summed E-state index contributed by atoms with van der Waals surface area (Å²) >= 11 is 1.32. The molecule has 41 heavy (non-hydrogen) atoms. The Kier molecular flexibility index (Phi) is 8.10. The first kappa shape index (κ1) is 28.3. The molecule has 0 aliphatic heterocycles. The second-order valence-electron chi connectivity index (χ2n) is 8.56. The third-order valence-corrected chi connectivity index (χ3v) is 8.39. The van der Waals surface area contributed by atoms with Crippen LogP contribution in [-0.2, 0) is 14.8 Å². The summed E-state index contributed by atoms with van der Waals surface area (Å²) in [7, 11) is -3.76. The predicted molar refractivity (Wildman–Crippen MR) is 150 cm³/mol. The number of hydrogen-bond acceptors (Lipinski definition) is 7. The Morgan fingerprint density at radius 1 is 0.927 bits per heavy atom. The monoisotopic (exact) mass is 597 g/mol. The molecule has 0 amide bonds. The van der Waals surface area contributed by atoms with E-state index in [4.69, 9.17) is 4.74 Å². The van der Waals surface area contributed by atoms with Gasteiger partial charge in [0.2, 0.25) is 0 Å². The van der Waals surface area contributed by atoms with Crippen LogP contribution in [0, 0.1) is 17.5 Å². The Hall–Kier alpha value is -4.20. The van der Waals surface area contributed by atoms with Crippen LogP contribution in [0.3, 0.4) is 0 Å². The lowest BCUT2D eigenvalue weighted by molar-refractivity contribution is 0.209. The molecule has 0 aliphatic carbocycles. The van der Waals surface area contributed by atoms with Gasteiger partial charge < -0.3 is 9.72 Å². The molecule has 13 heteroatoms. The molecule has 0 bridgehead atoms. The fraction of sp³-hybridized carbons (Fsp3) is 0.107. The SMILES string of the molecule is COCN(c1cccc(-c2nc(-c3ccccc3)[nH]c2-c2ccnc(SC)n2)c1F)S(=O)(=O)c1c(F)cccc1F. The van der Waals surface area contributed by atoms with Gasteiger partial charge in [-0.15, -0.1) is 0 Å². The summed E-state index contributed by atoms with van der Waals surface area (Å²) in [6.07, 6.45) is 3.37. The van der Waals surface area contributed by atoms with Crippen LogP contribution in [-0.4, -0.2) is 48.5 Å². The highest BCUT2D eigenvalue weighted by atomic mass is 32.2. The van der Waals surface area contributed by atoms with Crippen molar-refractivity contribution in [1.29, 1.82) is 0 Å². The molecule has 0 radical (unpaired) electrons. The minimum atomic E-state index is -4.94. The quantitative estimate of drug-likeness (QED) is 0.124. The van der Waals surface area contributed by atoms with Gasteiger partial charge in [-0.05, 0) is 36.6 Å². The molecule has 3 aromatic carbocycles. The first-order chi connectivity index (χ1) is 19.8. The number of ether oxygens (including phenoxy) is 1. The molecule has 2 heterocycles. The van der Waals surface area contributed by atoms with Crippen molar-refractivity contribution >= 4 is 27.5 Å². The van der Waals surface area contributed by atoms with E-state index in [0.717, 1.165) is 18.2 Å². The van der Waals surface area contributed by atoms with E-state index in [1.165, 1.54) is 37.1 Å². The zero-order valence-electron chi connectivity index (χ0n) is 21.7. The third kappa shape index (κ3) is 5.43. The van der Waals surface area contributed by atoms with Gasteiger partial charge in [0.25, 0.3) is 10.0 Å². The average Bonchev–Trinajstić information content (AvgIpc) is 3.42. The molecule has 5 rings (SSSR count). The maximum absolute atomic E-state index is 16.4. The lowest BCUT2D eigenvalue weighted by Gasteiger charge is -2.25. The Labute approximate surface area is 238 Å². The highest BCUT2D eigenvalue weighted by molar-refractivity contribution is 7.98. The van der Waals surface area contributed by atoms with Crippen LogP contribution in [0.2, 0.25) is 0 Å². The Balaban J connectivity index is 1.71. The summed E-state index contributed by atoms with van der Waals surface area (Å²) in [5, 5.41) is 0.475. The van der Waals surface area contributed by atoms with E-state index in [1.54, 1.807) is 12.3 Å². The van der Waals surface area contributed by atoms with Gasteiger partial charge in [0.05, 0.1) is 17.1 Å². The number of imidazole rings is 1. The number of methoxy groups -OCH3 is 1. The van der Waals surface area contributed by atoms with E-state index in [0.29, 0.717) is 32.2 Å². The van der Waals surface area contributed by atoms with Crippen LogP contribution in [0.4, 0.5) is 18.9 Å². The van der Waals surface area contributed by atoms with Gasteiger partial charge in [-0.3, -0.25) is 0 Å². The minimum absolute atomic E-state index is 0.0782. The van der Waals surface area contributed by atoms with Crippen molar-refractivity contribution in [2.45, 2.75) is 10.1 Å². The Morgan fingerprint density at radius 2 is 1.63 bits per heavy atom. The highest BCUT2D eigenvalue weighted by Gasteiger charge is 2.34. The molecule has 210 valence electrons. The van der Waals surface area contributed by atoms with E-state index < -0.39 is 44.8 Å². The second kappa shape index (κ2) is 11.7. The van der Waals surface area contributed by atoms with Crippen molar-refractivity contribution in [3.05, 3.63) is 96.4 Å². The first-order valence-corrected chi connectivity index (χ1v) is 14.7. The largest absolute Gasteiger partial charge is 0.363 e. The van der Waals surface area contributed by atoms with Gasteiger partial charge in [-0.2, -0.15) is 0 Å². The van der Waals surface area contributed by atoms with E-state index in [9.17, 15) is 17.2 Å². The van der Waals surface area contributed by atoms with Gasteiger partial charge in [0, 0.05) is 24.4 Å². The van der Waals surface area contributed by atoms with Gasteiger partial charge in [0.1, 0.15) is 29.9 Å². The van der Waals surface area contributed by atoms with E-state index in [1.807, 2.05) is 36.6 Å². The summed E-state index contributed by atoms with van der Waals surface area (Å²) in [5.41, 5.74) is 1.07. The zero-order chi connectivity index (χ0) is 29.1. The molecule has 5 aromatic rings. The standard InChI is InChI=1S/C28H22F3N5O3S2/c1-39-16-36(41(37,38)26-19(29)11-7-12-20(26)30)22-13-6-10-18(23(22)31)24-25(21-14-15-32-28(33-21)40-2)35-27(34-24)17-8-4-3-5-9-17/h3-15H,16H2,1-2H3,(H,34,35). The van der Waals surface area contributed by atoms with Gasteiger partial charge in [-0.25, -0.2) is 40.8 Å². The average molecular weight is 598 g/mol. The number of nitrogens with one attached hydrogen (secondary N) is 1. The van der Waals surface area contributed by atoms with E-state index in [2.05, 4.69) is 19.9 Å². The van der Waals surface area contributed by atoms with Crippen LogP contribution in [0.25, 0.3) is 34.0 Å². The van der Waals surface area contributed by atoms with Crippen LogP contribution in [0.1, 0.15) is 0 Å². The molecule has 0 aliphatic rings. The topological polar surface area (TPSA) is 101 Å². The van der Waals surface area contributed by atoms with Crippen LogP contribution in [0.5, 0.6) is 0 Å². The normalized spacial score (nSPS) is 11.5. The second-order valence-corrected chi connectivity index (χ2v) is 11.1. The maximum Gasteiger partial charge on any atom is 0.272 e. The number of benzene rings is 3. The lowest BCUT2D eigenvalue weighted by Crippen LogP contribution is -2.34. The number of thioether (sulfide) groups is 1. The van der Waals surface area contributed by atoms with Gasteiger partial charge in [-0.1, -0.05) is 54.2 Å². The smallest absolute Gasteiger partial charge is 0.272 e. The molecule has 2 aromatic heterocycles. The molecule has 0 saturated heterocycles. The molecule has 0 saturated carbocycles. The van der Waals surface area contributed by atoms with E-state index in [-0.39, 0.29) is 11.3 Å². The molecule has 0 fully saturated rings. The number of aromatic amines is 1. The molecule has 8 nitrogen and oxygen atoms in total. The molecule has 1 N–H and O–H groups in total. The summed E-state index contributed by atoms with van der Waals surface area (Å²) < 4.78 is 78.0. The molecular weight excluding hydrogens is 575 g/mol. The van der Waals surface area contributed by atoms with Crippen molar-refractivity contribution in [2.75, 3.05) is 24.4 Å². The lowest BCUT2D eigenvalue weighted by atomic mass is 10.1. The van der Waals surface area contributed by atoms with Gasteiger partial charge in [0.15, 0.2) is 15.9 Å². The number of rotatable bonds is 9. The fourth-order valence-corrected chi connectivity index (χ4v) is 6.03. The number of hydrogen-bond donors (Lipinski definition) is 1. The summed E-state index contributed by atoms with van der Waals surface area (Å²) in [6, 6.07) is 17.4. The highest BCUT2D eigenvalue weighted by Crippen LogP contribution is 2.38. The van der Waals surface area contributed by atoms with Crippen LogP contribution in [0.15, 0.2) is 89.0 Å². The first-order valence-electron chi connectivity index (χ1n) is 12.0. The number of halogens is 3. The molecule has 0 atom stereocenters. The van der Waals surface area contributed by atoms with Gasteiger partial charge >= 0.3 is 0 Å². The van der Waals surface area contributed by atoms with Crippen molar-refractivity contribution in [3.8, 4) is 34.0 Å². The molecule has 0 unspecified atom stereocenters. The summed E-state index contributed by atoms with van der Waals surface area (Å²) in [5.74, 6) is -3.23. The van der Waals surface area contributed by atoms with Crippen molar-refractivity contribution in [2.24, 2.45) is 0 Å². The number of aromatic nitrogens is 4. The number of nitrogens with zero attached hydrogens (tertiary/aromatic N) is 4. The minimum Gasteiger partial charge on any atom is -0.363 e. The van der Waals surface area contributed by atoms with Crippen molar-refractivity contribution in [1.82, 2.24) is 19.9 Å².